The molecule has 0 saturated heterocycles. The minimum Gasteiger partial charge on any atom is -0.462 e. The van der Waals surface area contributed by atoms with Crippen molar-refractivity contribution < 1.29 is 42.9 Å². The molecule has 32 heavy (non-hydrogen) atoms. The molecule has 10 nitrogen and oxygen atoms in total. The fourth-order valence-electron chi connectivity index (χ4n) is 2.44. The molecule has 1 N–H and O–H groups in total. The average Bonchev–Trinajstić information content (AvgIpc) is 2.63. The maximum atomic E-state index is 13.0. The third kappa shape index (κ3) is 8.89. The number of hydrogen-bond acceptors (Lipinski definition) is 9. The number of rotatable bonds is 9. The summed E-state index contributed by atoms with van der Waals surface area (Å²) in [6.07, 6.45) is -5.03. The van der Waals surface area contributed by atoms with Crippen molar-refractivity contribution in [1.29, 1.82) is 0 Å². The lowest BCUT2D eigenvalue weighted by Crippen LogP contribution is -2.52. The molecule has 0 heterocycles. The molecule has 0 saturated carbocycles. The molecule has 3 atom stereocenters. The van der Waals surface area contributed by atoms with Gasteiger partial charge in [-0.3, -0.25) is 24.0 Å². The number of esters is 4. The summed E-state index contributed by atoms with van der Waals surface area (Å²) in [5.41, 5.74) is -0.0644. The summed E-state index contributed by atoms with van der Waals surface area (Å²) in [4.78, 5) is 59.2. The standard InChI is InChI=1S/C19H20Cl3NO9/c1-8(24)29-7-15(30-9(2)25)17(31-10(3)26)18(32-11(4)27)19(28)23-16-13(21)5-12(20)6-14(16)22/h5-6,15,17-18H,7H2,1-4H3,(H,23,28)/t15-,17+,18+/m1/s1. The number of carbonyl (C=O) groups is 5. The molecule has 176 valence electrons. The molecule has 0 unspecified atom stereocenters. The van der Waals surface area contributed by atoms with Gasteiger partial charge in [-0.15, -0.1) is 0 Å². The van der Waals surface area contributed by atoms with Crippen LogP contribution in [0.1, 0.15) is 27.7 Å². The highest BCUT2D eigenvalue weighted by atomic mass is 35.5. The van der Waals surface area contributed by atoms with Gasteiger partial charge in [-0.1, -0.05) is 34.8 Å². The van der Waals surface area contributed by atoms with Crippen molar-refractivity contribution in [1.82, 2.24) is 0 Å². The molecule has 1 amide bonds. The minimum atomic E-state index is -1.85. The van der Waals surface area contributed by atoms with Crippen molar-refractivity contribution >= 4 is 70.3 Å². The maximum absolute atomic E-state index is 13.0. The molecular weight excluding hydrogens is 493 g/mol. The first-order chi connectivity index (χ1) is 14.8. The van der Waals surface area contributed by atoms with E-state index in [2.05, 4.69) is 5.32 Å². The predicted octanol–water partition coefficient (Wildman–Crippen LogP) is 2.94. The summed E-state index contributed by atoms with van der Waals surface area (Å²) in [6.45, 7) is 3.55. The monoisotopic (exact) mass is 511 g/mol. The quantitative estimate of drug-likeness (QED) is 0.391. The normalized spacial score (nSPS) is 13.2. The predicted molar refractivity (Wildman–Crippen MR) is 113 cm³/mol. The van der Waals surface area contributed by atoms with Crippen molar-refractivity contribution in [3.63, 3.8) is 0 Å². The SMILES string of the molecule is CC(=O)OC[C@@H](OC(C)=O)[C@H](OC(C)=O)[C@H](OC(C)=O)C(=O)Nc1c(Cl)cc(Cl)cc1Cl. The van der Waals surface area contributed by atoms with Crippen LogP contribution in [-0.2, 0) is 42.9 Å². The highest BCUT2D eigenvalue weighted by Gasteiger charge is 2.42. The minimum absolute atomic E-state index is 0.0297. The first-order valence-corrected chi connectivity index (χ1v) is 10.1. The van der Waals surface area contributed by atoms with Gasteiger partial charge in [0, 0.05) is 32.7 Å². The zero-order chi connectivity index (χ0) is 24.6. The van der Waals surface area contributed by atoms with Crippen LogP contribution in [0.4, 0.5) is 5.69 Å². The number of hydrogen-bond donors (Lipinski definition) is 1. The van der Waals surface area contributed by atoms with Crippen LogP contribution in [0.5, 0.6) is 0 Å². The van der Waals surface area contributed by atoms with Crippen molar-refractivity contribution in [2.45, 2.75) is 46.0 Å². The van der Waals surface area contributed by atoms with Crippen LogP contribution in [0, 0.1) is 0 Å². The zero-order valence-electron chi connectivity index (χ0n) is 17.4. The van der Waals surface area contributed by atoms with Gasteiger partial charge in [-0.2, -0.15) is 0 Å². The summed E-state index contributed by atoms with van der Waals surface area (Å²) in [6, 6.07) is 2.61. The van der Waals surface area contributed by atoms with E-state index in [4.69, 9.17) is 53.8 Å². The molecule has 0 aliphatic rings. The molecule has 0 bridgehead atoms. The van der Waals surface area contributed by atoms with Gasteiger partial charge in [0.05, 0.1) is 15.7 Å². The second kappa shape index (κ2) is 12.5. The number of benzene rings is 1. The third-order valence-corrected chi connectivity index (χ3v) is 4.36. The van der Waals surface area contributed by atoms with Crippen LogP contribution in [-0.4, -0.2) is 54.7 Å². The Morgan fingerprint density at radius 1 is 0.812 bits per heavy atom. The maximum Gasteiger partial charge on any atom is 0.303 e. The summed E-state index contributed by atoms with van der Waals surface area (Å²) < 4.78 is 20.1. The highest BCUT2D eigenvalue weighted by Crippen LogP contribution is 2.34. The number of anilines is 1. The number of nitrogens with one attached hydrogen (secondary N) is 1. The van der Waals surface area contributed by atoms with E-state index in [-0.39, 0.29) is 20.8 Å². The van der Waals surface area contributed by atoms with E-state index < -0.39 is 54.7 Å². The van der Waals surface area contributed by atoms with E-state index >= 15 is 0 Å². The van der Waals surface area contributed by atoms with E-state index in [0.29, 0.717) is 0 Å². The van der Waals surface area contributed by atoms with Gasteiger partial charge < -0.3 is 24.3 Å². The average molecular weight is 513 g/mol. The lowest BCUT2D eigenvalue weighted by Gasteiger charge is -2.31. The van der Waals surface area contributed by atoms with Crippen molar-refractivity contribution in [2.75, 3.05) is 11.9 Å². The van der Waals surface area contributed by atoms with E-state index in [1.54, 1.807) is 0 Å². The number of carbonyl (C=O) groups excluding carboxylic acids is 5. The molecule has 1 aromatic rings. The molecule has 0 radical (unpaired) electrons. The molecule has 0 fully saturated rings. The molecule has 13 heteroatoms. The van der Waals surface area contributed by atoms with Gasteiger partial charge in [0.25, 0.3) is 5.91 Å². The Bertz CT molecular complexity index is 883. The Kier molecular flexibility index (Phi) is 10.7. The van der Waals surface area contributed by atoms with Crippen molar-refractivity contribution in [3.05, 3.63) is 27.2 Å². The lowest BCUT2D eigenvalue weighted by molar-refractivity contribution is -0.190. The van der Waals surface area contributed by atoms with Crippen LogP contribution in [0.15, 0.2) is 12.1 Å². The van der Waals surface area contributed by atoms with Gasteiger partial charge in [-0.05, 0) is 12.1 Å². The van der Waals surface area contributed by atoms with Crippen LogP contribution in [0.25, 0.3) is 0 Å². The molecule has 1 aromatic carbocycles. The summed E-state index contributed by atoms with van der Waals surface area (Å²) in [5, 5.41) is 2.50. The fourth-order valence-corrected chi connectivity index (χ4v) is 3.35. The van der Waals surface area contributed by atoms with Crippen molar-refractivity contribution in [3.8, 4) is 0 Å². The Balaban J connectivity index is 3.39. The van der Waals surface area contributed by atoms with Gasteiger partial charge in [0.15, 0.2) is 12.2 Å². The number of ether oxygens (including phenoxy) is 4. The Hall–Kier alpha value is -2.56. The molecular formula is C19H20Cl3NO9. The molecule has 0 spiro atoms. The summed E-state index contributed by atoms with van der Waals surface area (Å²) >= 11 is 18.0. The fraction of sp³-hybridized carbons (Fsp3) is 0.421. The Labute approximate surface area is 198 Å². The highest BCUT2D eigenvalue weighted by molar-refractivity contribution is 6.42. The van der Waals surface area contributed by atoms with Gasteiger partial charge in [-0.25, -0.2) is 0 Å². The molecule has 0 aliphatic heterocycles. The summed E-state index contributed by atoms with van der Waals surface area (Å²) in [5.74, 6) is -4.44. The van der Waals surface area contributed by atoms with Crippen molar-refractivity contribution in [2.24, 2.45) is 0 Å². The van der Waals surface area contributed by atoms with Crippen LogP contribution in [0.3, 0.4) is 0 Å². The third-order valence-electron chi connectivity index (χ3n) is 3.54. The second-order valence-electron chi connectivity index (χ2n) is 6.29. The van der Waals surface area contributed by atoms with Gasteiger partial charge >= 0.3 is 23.9 Å². The second-order valence-corrected chi connectivity index (χ2v) is 7.54. The smallest absolute Gasteiger partial charge is 0.303 e. The van der Waals surface area contributed by atoms with E-state index in [0.717, 1.165) is 27.7 Å². The number of amides is 1. The largest absolute Gasteiger partial charge is 0.462 e. The number of halogens is 3. The molecule has 0 aromatic heterocycles. The Morgan fingerprint density at radius 2 is 1.31 bits per heavy atom. The first-order valence-electron chi connectivity index (χ1n) is 8.92. The summed E-state index contributed by atoms with van der Waals surface area (Å²) in [7, 11) is 0. The van der Waals surface area contributed by atoms with Crippen LogP contribution >= 0.6 is 34.8 Å². The van der Waals surface area contributed by atoms with Gasteiger partial charge in [0.1, 0.15) is 6.61 Å². The molecule has 0 aliphatic carbocycles. The van der Waals surface area contributed by atoms with E-state index in [1.165, 1.54) is 12.1 Å². The van der Waals surface area contributed by atoms with E-state index in [1.807, 2.05) is 0 Å². The first kappa shape index (κ1) is 27.5. The van der Waals surface area contributed by atoms with Crippen LogP contribution in [0.2, 0.25) is 15.1 Å². The molecule has 1 rings (SSSR count). The van der Waals surface area contributed by atoms with Crippen LogP contribution < -0.4 is 5.32 Å². The lowest BCUT2D eigenvalue weighted by atomic mass is 10.1. The van der Waals surface area contributed by atoms with Gasteiger partial charge in [0.2, 0.25) is 6.10 Å². The zero-order valence-corrected chi connectivity index (χ0v) is 19.7. The van der Waals surface area contributed by atoms with E-state index in [9.17, 15) is 24.0 Å². The Morgan fingerprint density at radius 3 is 1.75 bits per heavy atom. The topological polar surface area (TPSA) is 134 Å².